The summed E-state index contributed by atoms with van der Waals surface area (Å²) in [5, 5.41) is 41.2. The third kappa shape index (κ3) is 3.49. The van der Waals surface area contributed by atoms with Gasteiger partial charge in [0.1, 0.15) is 24.4 Å². The molecule has 7 heteroatoms. The van der Waals surface area contributed by atoms with Crippen molar-refractivity contribution < 1.29 is 29.9 Å². The maximum atomic E-state index is 10.7. The quantitative estimate of drug-likeness (QED) is 0.600. The van der Waals surface area contributed by atoms with E-state index in [0.29, 0.717) is 17.0 Å². The van der Waals surface area contributed by atoms with Crippen molar-refractivity contribution in [2.75, 3.05) is 6.61 Å². The summed E-state index contributed by atoms with van der Waals surface area (Å²) in [6.45, 7) is 1.72. The van der Waals surface area contributed by atoms with Gasteiger partial charge < -0.3 is 29.9 Å². The molecule has 29 heavy (non-hydrogen) atoms. The lowest BCUT2D eigenvalue weighted by Crippen LogP contribution is -2.63. The SMILES string of the molecule is CCc1ccc(Cc2cc3c(cc2Cl)COC32OC(CO)C(O)C(O)C2O)cc1. The summed E-state index contributed by atoms with van der Waals surface area (Å²) in [6.07, 6.45) is -3.99. The van der Waals surface area contributed by atoms with Crippen molar-refractivity contribution in [1.82, 2.24) is 0 Å². The van der Waals surface area contributed by atoms with Crippen molar-refractivity contribution in [2.24, 2.45) is 0 Å². The van der Waals surface area contributed by atoms with E-state index >= 15 is 0 Å². The van der Waals surface area contributed by atoms with Crippen molar-refractivity contribution in [3.8, 4) is 0 Å². The van der Waals surface area contributed by atoms with Gasteiger partial charge in [-0.25, -0.2) is 0 Å². The average Bonchev–Trinajstić information content (AvgIpc) is 3.08. The Kier molecular flexibility index (Phi) is 5.70. The summed E-state index contributed by atoms with van der Waals surface area (Å²) in [4.78, 5) is 0. The molecule has 2 heterocycles. The smallest absolute Gasteiger partial charge is 0.225 e. The molecule has 4 N–H and O–H groups in total. The fourth-order valence-electron chi connectivity index (χ4n) is 4.10. The maximum Gasteiger partial charge on any atom is 0.225 e. The van der Waals surface area contributed by atoms with Crippen LogP contribution in [0.3, 0.4) is 0 Å². The molecule has 4 rings (SSSR count). The molecule has 1 saturated heterocycles. The van der Waals surface area contributed by atoms with E-state index in [4.69, 9.17) is 21.1 Å². The van der Waals surface area contributed by atoms with E-state index in [0.717, 1.165) is 23.1 Å². The van der Waals surface area contributed by atoms with Crippen LogP contribution in [0.25, 0.3) is 0 Å². The highest BCUT2D eigenvalue weighted by Crippen LogP contribution is 2.47. The highest BCUT2D eigenvalue weighted by Gasteiger charge is 2.58. The number of hydrogen-bond donors (Lipinski definition) is 4. The number of benzene rings is 2. The van der Waals surface area contributed by atoms with Gasteiger partial charge in [0.2, 0.25) is 5.79 Å². The van der Waals surface area contributed by atoms with Crippen LogP contribution in [0.15, 0.2) is 36.4 Å². The van der Waals surface area contributed by atoms with E-state index in [1.165, 1.54) is 5.56 Å². The number of halogens is 1. The highest BCUT2D eigenvalue weighted by molar-refractivity contribution is 6.31. The molecule has 156 valence electrons. The van der Waals surface area contributed by atoms with Gasteiger partial charge in [-0.2, -0.15) is 0 Å². The van der Waals surface area contributed by atoms with Gasteiger partial charge in [-0.1, -0.05) is 42.8 Å². The summed E-state index contributed by atoms with van der Waals surface area (Å²) >= 11 is 6.50. The lowest BCUT2D eigenvalue weighted by molar-refractivity contribution is -0.368. The molecule has 2 aromatic rings. The molecule has 0 aliphatic carbocycles. The monoisotopic (exact) mass is 420 g/mol. The molecule has 2 aliphatic heterocycles. The lowest BCUT2D eigenvalue weighted by atomic mass is 9.86. The summed E-state index contributed by atoms with van der Waals surface area (Å²) in [5.74, 6) is -1.66. The first-order chi connectivity index (χ1) is 13.9. The Labute approximate surface area is 174 Å². The molecule has 0 saturated carbocycles. The van der Waals surface area contributed by atoms with E-state index < -0.39 is 36.8 Å². The van der Waals surface area contributed by atoms with Crippen LogP contribution in [0.5, 0.6) is 0 Å². The predicted octanol–water partition coefficient (Wildman–Crippen LogP) is 1.65. The first-order valence-electron chi connectivity index (χ1n) is 9.76. The van der Waals surface area contributed by atoms with Gasteiger partial charge in [0.25, 0.3) is 0 Å². The van der Waals surface area contributed by atoms with Gasteiger partial charge in [-0.15, -0.1) is 0 Å². The number of hydrogen-bond acceptors (Lipinski definition) is 6. The average molecular weight is 421 g/mol. The number of aryl methyl sites for hydroxylation is 1. The second-order valence-corrected chi connectivity index (χ2v) is 8.08. The number of fused-ring (bicyclic) bond motifs is 2. The molecule has 1 spiro atoms. The van der Waals surface area contributed by atoms with Gasteiger partial charge in [0.05, 0.1) is 13.2 Å². The standard InChI is InChI=1S/C22H25ClO6/c1-2-12-3-5-13(6-4-12)7-14-8-16-15(9-17(14)23)11-28-22(16)21(27)20(26)19(25)18(10-24)29-22/h3-6,8-9,18-21,24-27H,2,7,10-11H2,1H3. The summed E-state index contributed by atoms with van der Waals surface area (Å²) < 4.78 is 11.6. The third-order valence-corrected chi connectivity index (χ3v) is 6.22. The van der Waals surface area contributed by atoms with Crippen molar-refractivity contribution in [3.05, 3.63) is 69.2 Å². The van der Waals surface area contributed by atoms with Crippen LogP contribution in [0.1, 0.15) is 34.7 Å². The van der Waals surface area contributed by atoms with E-state index in [1.54, 1.807) is 6.07 Å². The van der Waals surface area contributed by atoms with Crippen LogP contribution in [-0.4, -0.2) is 51.4 Å². The van der Waals surface area contributed by atoms with E-state index in [9.17, 15) is 20.4 Å². The van der Waals surface area contributed by atoms with E-state index in [-0.39, 0.29) is 6.61 Å². The van der Waals surface area contributed by atoms with E-state index in [1.807, 2.05) is 6.07 Å². The number of aliphatic hydroxyl groups is 4. The molecule has 2 aliphatic rings. The molecule has 0 radical (unpaired) electrons. The second kappa shape index (κ2) is 7.96. The Morgan fingerprint density at radius 2 is 1.76 bits per heavy atom. The van der Waals surface area contributed by atoms with Gasteiger partial charge in [0, 0.05) is 10.6 Å². The fourth-order valence-corrected chi connectivity index (χ4v) is 4.35. The molecule has 0 aromatic heterocycles. The topological polar surface area (TPSA) is 99.4 Å². The third-order valence-electron chi connectivity index (χ3n) is 5.87. The van der Waals surface area contributed by atoms with Crippen molar-refractivity contribution in [2.45, 2.75) is 56.6 Å². The number of ether oxygens (including phenoxy) is 2. The number of aliphatic hydroxyl groups excluding tert-OH is 4. The molecule has 5 atom stereocenters. The zero-order valence-corrected chi connectivity index (χ0v) is 16.8. The predicted molar refractivity (Wildman–Crippen MR) is 107 cm³/mol. The Hall–Kier alpha value is -1.51. The Bertz CT molecular complexity index is 884. The maximum absolute atomic E-state index is 10.7. The molecule has 5 unspecified atom stereocenters. The highest BCUT2D eigenvalue weighted by atomic mass is 35.5. The zero-order valence-electron chi connectivity index (χ0n) is 16.1. The van der Waals surface area contributed by atoms with Crippen molar-refractivity contribution >= 4 is 11.6 Å². The Morgan fingerprint density at radius 3 is 2.41 bits per heavy atom. The van der Waals surface area contributed by atoms with Crippen LogP contribution in [0.4, 0.5) is 0 Å². The Balaban J connectivity index is 1.71. The fraction of sp³-hybridized carbons (Fsp3) is 0.455. The zero-order chi connectivity index (χ0) is 20.8. The van der Waals surface area contributed by atoms with Gasteiger partial charge in [-0.05, 0) is 47.2 Å². The minimum Gasteiger partial charge on any atom is -0.394 e. The molecule has 2 aromatic carbocycles. The molecule has 0 bridgehead atoms. The minimum absolute atomic E-state index is 0.137. The first kappa shape index (κ1) is 20.8. The minimum atomic E-state index is -1.66. The lowest BCUT2D eigenvalue weighted by Gasteiger charge is -2.46. The first-order valence-corrected chi connectivity index (χ1v) is 10.1. The van der Waals surface area contributed by atoms with Gasteiger partial charge in [0.15, 0.2) is 0 Å². The van der Waals surface area contributed by atoms with Crippen LogP contribution in [0, 0.1) is 0 Å². The molecular formula is C22H25ClO6. The Morgan fingerprint density at radius 1 is 1.07 bits per heavy atom. The van der Waals surface area contributed by atoms with Crippen molar-refractivity contribution in [3.63, 3.8) is 0 Å². The van der Waals surface area contributed by atoms with Crippen LogP contribution < -0.4 is 0 Å². The van der Waals surface area contributed by atoms with Crippen LogP contribution >= 0.6 is 11.6 Å². The molecule has 0 amide bonds. The molecule has 1 fully saturated rings. The van der Waals surface area contributed by atoms with Crippen LogP contribution in [-0.2, 0) is 34.7 Å². The molecular weight excluding hydrogens is 396 g/mol. The largest absolute Gasteiger partial charge is 0.394 e. The van der Waals surface area contributed by atoms with Gasteiger partial charge in [-0.3, -0.25) is 0 Å². The van der Waals surface area contributed by atoms with Gasteiger partial charge >= 0.3 is 0 Å². The normalized spacial score (nSPS) is 31.2. The second-order valence-electron chi connectivity index (χ2n) is 7.67. The molecule has 6 nitrogen and oxygen atoms in total. The summed E-state index contributed by atoms with van der Waals surface area (Å²) in [5.41, 5.74) is 4.46. The number of rotatable bonds is 4. The van der Waals surface area contributed by atoms with E-state index in [2.05, 4.69) is 31.2 Å². The van der Waals surface area contributed by atoms with Crippen LogP contribution in [0.2, 0.25) is 5.02 Å². The van der Waals surface area contributed by atoms with Crippen molar-refractivity contribution in [1.29, 1.82) is 0 Å². The summed E-state index contributed by atoms with van der Waals surface area (Å²) in [6, 6.07) is 11.9. The summed E-state index contributed by atoms with van der Waals surface area (Å²) in [7, 11) is 0.